The number of halogens is 1. The summed E-state index contributed by atoms with van der Waals surface area (Å²) in [6, 6.07) is 1.82. The van der Waals surface area contributed by atoms with Crippen molar-refractivity contribution in [3.05, 3.63) is 35.0 Å². The maximum Gasteiger partial charge on any atom is 0.328 e. The third kappa shape index (κ3) is 8.33. The molecule has 0 saturated carbocycles. The Hall–Kier alpha value is -2.23. The molecular weight excluding hydrogens is 394 g/mol. The Kier molecular flexibility index (Phi) is 9.13. The van der Waals surface area contributed by atoms with Crippen LogP contribution in [-0.4, -0.2) is 82.3 Å². The molecule has 0 spiro atoms. The molecule has 1 aliphatic heterocycles. The molecule has 0 saturated heterocycles. The number of fused-ring (bicyclic) bond motifs is 1. The highest BCUT2D eigenvalue weighted by molar-refractivity contribution is 7.80. The molecule has 27 heavy (non-hydrogen) atoms. The number of carbonyl (C=O) groups is 2. The smallest absolute Gasteiger partial charge is 0.328 e. The van der Waals surface area contributed by atoms with Crippen LogP contribution in [0.15, 0.2) is 24.4 Å². The minimum Gasteiger partial charge on any atom is -0.478 e. The molecule has 8 nitrogen and oxygen atoms in total. The number of hydrogen-bond donors (Lipinski definition) is 2. The van der Waals surface area contributed by atoms with E-state index in [9.17, 15) is 9.59 Å². The molecule has 0 radical (unpaired) electrons. The first kappa shape index (κ1) is 22.8. The molecule has 2 heterocycles. The van der Waals surface area contributed by atoms with Crippen LogP contribution >= 0.6 is 23.8 Å². The van der Waals surface area contributed by atoms with Crippen molar-refractivity contribution >= 4 is 40.7 Å². The van der Waals surface area contributed by atoms with Gasteiger partial charge in [-0.15, -0.1) is 0 Å². The second-order valence-electron chi connectivity index (χ2n) is 6.03. The predicted octanol–water partition coefficient (Wildman–Crippen LogP) is 1.77. The van der Waals surface area contributed by atoms with E-state index in [1.54, 1.807) is 6.20 Å². The van der Waals surface area contributed by atoms with E-state index in [2.05, 4.69) is 24.0 Å². The van der Waals surface area contributed by atoms with E-state index in [4.69, 9.17) is 38.8 Å². The normalized spacial score (nSPS) is 16.3. The van der Waals surface area contributed by atoms with Gasteiger partial charge in [-0.25, -0.2) is 14.6 Å². The summed E-state index contributed by atoms with van der Waals surface area (Å²) in [4.78, 5) is 28.3. The van der Waals surface area contributed by atoms with E-state index in [-0.39, 0.29) is 6.10 Å². The molecule has 2 rings (SSSR count). The van der Waals surface area contributed by atoms with Gasteiger partial charge in [-0.2, -0.15) is 0 Å². The zero-order valence-electron chi connectivity index (χ0n) is 15.3. The average molecular weight is 416 g/mol. The van der Waals surface area contributed by atoms with Gasteiger partial charge in [0.1, 0.15) is 11.1 Å². The van der Waals surface area contributed by atoms with E-state index in [1.165, 1.54) is 0 Å². The number of nitrogens with zero attached hydrogens (tertiary/aromatic N) is 3. The Balaban J connectivity index is 0.000000387. The van der Waals surface area contributed by atoms with Gasteiger partial charge in [0.05, 0.1) is 17.1 Å². The Morgan fingerprint density at radius 1 is 1.41 bits per heavy atom. The van der Waals surface area contributed by atoms with Crippen LogP contribution in [0.1, 0.15) is 12.0 Å². The summed E-state index contributed by atoms with van der Waals surface area (Å²) < 4.78 is 5.98. The Bertz CT molecular complexity index is 711. The van der Waals surface area contributed by atoms with E-state index < -0.39 is 11.9 Å². The molecule has 0 bridgehead atoms. The zero-order valence-corrected chi connectivity index (χ0v) is 16.8. The summed E-state index contributed by atoms with van der Waals surface area (Å²) in [5, 5.41) is 16.2. The van der Waals surface area contributed by atoms with Crippen LogP contribution in [0, 0.1) is 0 Å². The van der Waals surface area contributed by atoms with Crippen LogP contribution in [0.4, 0.5) is 0 Å². The van der Waals surface area contributed by atoms with Gasteiger partial charge in [0.15, 0.2) is 0 Å². The summed E-state index contributed by atoms with van der Waals surface area (Å²) >= 11 is 11.4. The summed E-state index contributed by atoms with van der Waals surface area (Å²) in [6.45, 7) is 1.73. The van der Waals surface area contributed by atoms with Crippen LogP contribution in [0.2, 0.25) is 5.02 Å². The number of carboxylic acid groups (broad SMARTS) is 2. The Labute approximate surface area is 168 Å². The van der Waals surface area contributed by atoms with Gasteiger partial charge < -0.3 is 24.7 Å². The van der Waals surface area contributed by atoms with Crippen molar-refractivity contribution in [1.29, 1.82) is 0 Å². The highest BCUT2D eigenvalue weighted by atomic mass is 35.5. The van der Waals surface area contributed by atoms with Crippen molar-refractivity contribution in [2.24, 2.45) is 0 Å². The molecule has 148 valence electrons. The molecule has 1 atom stereocenters. The van der Waals surface area contributed by atoms with E-state index in [0.717, 1.165) is 30.1 Å². The molecule has 0 aliphatic carbocycles. The molecule has 10 heteroatoms. The highest BCUT2D eigenvalue weighted by Gasteiger charge is 2.25. The average Bonchev–Trinajstić information content (AvgIpc) is 2.69. The van der Waals surface area contributed by atoms with Crippen molar-refractivity contribution in [3.63, 3.8) is 0 Å². The molecule has 2 N–H and O–H groups in total. The number of carboxylic acids is 2. The van der Waals surface area contributed by atoms with Gasteiger partial charge in [-0.05, 0) is 26.6 Å². The molecule has 0 amide bonds. The third-order valence-corrected chi connectivity index (χ3v) is 4.16. The fourth-order valence-corrected chi connectivity index (χ4v) is 2.54. The molecule has 0 aromatic carbocycles. The minimum absolute atomic E-state index is 0.0836. The highest BCUT2D eigenvalue weighted by Crippen LogP contribution is 2.26. The summed E-state index contributed by atoms with van der Waals surface area (Å²) in [6.07, 6.45) is 3.73. The van der Waals surface area contributed by atoms with Crippen molar-refractivity contribution < 1.29 is 24.5 Å². The first-order chi connectivity index (χ1) is 12.6. The molecule has 1 aliphatic rings. The lowest BCUT2D eigenvalue weighted by molar-refractivity contribution is -0.134. The van der Waals surface area contributed by atoms with Crippen LogP contribution in [0.5, 0.6) is 5.88 Å². The lowest BCUT2D eigenvalue weighted by atomic mass is 10.2. The van der Waals surface area contributed by atoms with Crippen LogP contribution < -0.4 is 4.74 Å². The second-order valence-corrected chi connectivity index (χ2v) is 6.86. The largest absolute Gasteiger partial charge is 0.478 e. The van der Waals surface area contributed by atoms with Gasteiger partial charge >= 0.3 is 11.9 Å². The molecule has 1 unspecified atom stereocenters. The predicted molar refractivity (Wildman–Crippen MR) is 106 cm³/mol. The molecule has 1 aromatic heterocycles. The number of aliphatic carboxylic acids is 2. The first-order valence-electron chi connectivity index (χ1n) is 7.96. The number of aromatic nitrogens is 1. The lowest BCUT2D eigenvalue weighted by Crippen LogP contribution is -2.35. The van der Waals surface area contributed by atoms with Gasteiger partial charge in [-0.3, -0.25) is 0 Å². The topological polar surface area (TPSA) is 103 Å². The first-order valence-corrected chi connectivity index (χ1v) is 8.75. The van der Waals surface area contributed by atoms with Crippen molar-refractivity contribution in [3.8, 4) is 5.88 Å². The van der Waals surface area contributed by atoms with Crippen molar-refractivity contribution in [2.45, 2.75) is 12.5 Å². The zero-order chi connectivity index (χ0) is 20.6. The minimum atomic E-state index is -1.26. The number of thiocarbonyl (C=S) groups is 1. The number of pyridine rings is 1. The Morgan fingerprint density at radius 2 is 2.00 bits per heavy atom. The summed E-state index contributed by atoms with van der Waals surface area (Å²) in [5.74, 6) is -1.93. The molecule has 0 fully saturated rings. The van der Waals surface area contributed by atoms with Crippen molar-refractivity contribution in [2.75, 3.05) is 34.2 Å². The molecule has 1 aromatic rings. The van der Waals surface area contributed by atoms with Crippen LogP contribution in [0.3, 0.4) is 0 Å². The van der Waals surface area contributed by atoms with Crippen LogP contribution in [0.25, 0.3) is 0 Å². The SMILES string of the molecule is CN(C)CCC1CN(C)C(=S)c2cc(Cl)cnc2O1.O=C(O)C=CC(=O)O. The van der Waals surface area contributed by atoms with Gasteiger partial charge in [0, 0.05) is 31.9 Å². The maximum atomic E-state index is 9.55. The standard InChI is InChI=1S/C13H18ClN3OS.C4H4O4/c1-16(2)5-4-10-8-17(3)13(19)11-6-9(14)7-15-12(11)18-10;5-3(6)1-2-4(7)8/h6-7,10H,4-5,8H2,1-3H3;1-2H,(H,5,6)(H,7,8). The van der Waals surface area contributed by atoms with Gasteiger partial charge in [-0.1, -0.05) is 23.8 Å². The lowest BCUT2D eigenvalue weighted by Gasteiger charge is -2.22. The van der Waals surface area contributed by atoms with Crippen molar-refractivity contribution in [1.82, 2.24) is 14.8 Å². The molecular formula is C17H22ClN3O5S. The number of rotatable bonds is 5. The number of ether oxygens (including phenoxy) is 1. The summed E-state index contributed by atoms with van der Waals surface area (Å²) in [5.41, 5.74) is 0.803. The second kappa shape index (κ2) is 10.8. The van der Waals surface area contributed by atoms with Gasteiger partial charge in [0.25, 0.3) is 0 Å². The monoisotopic (exact) mass is 415 g/mol. The van der Waals surface area contributed by atoms with Gasteiger partial charge in [0.2, 0.25) is 5.88 Å². The van der Waals surface area contributed by atoms with E-state index in [1.807, 2.05) is 18.0 Å². The fourth-order valence-electron chi connectivity index (χ4n) is 2.16. The third-order valence-electron chi connectivity index (χ3n) is 3.42. The summed E-state index contributed by atoms with van der Waals surface area (Å²) in [7, 11) is 6.08. The fraction of sp³-hybridized carbons (Fsp3) is 0.412. The Morgan fingerprint density at radius 3 is 2.52 bits per heavy atom. The van der Waals surface area contributed by atoms with Crippen LogP contribution in [-0.2, 0) is 9.59 Å². The quantitative estimate of drug-likeness (QED) is 0.550. The maximum absolute atomic E-state index is 9.55. The van der Waals surface area contributed by atoms with E-state index in [0.29, 0.717) is 23.1 Å². The van der Waals surface area contributed by atoms with E-state index >= 15 is 0 Å². The number of hydrogen-bond acceptors (Lipinski definition) is 6. The number of likely N-dealkylation sites (N-methyl/N-ethyl adjacent to an activating group) is 1.